The van der Waals surface area contributed by atoms with Crippen LogP contribution in [0.3, 0.4) is 0 Å². The van der Waals surface area contributed by atoms with Crippen LogP contribution in [0.25, 0.3) is 27.5 Å². The van der Waals surface area contributed by atoms with E-state index < -0.39 is 0 Å². The summed E-state index contributed by atoms with van der Waals surface area (Å²) in [5.41, 5.74) is 8.19. The third-order valence-electron chi connectivity index (χ3n) is 5.63. The van der Waals surface area contributed by atoms with Gasteiger partial charge in [-0.3, -0.25) is 0 Å². The topological polar surface area (TPSA) is 12.0 Å². The van der Waals surface area contributed by atoms with E-state index in [-0.39, 0.29) is 0 Å². The average molecular weight is 373 g/mol. The van der Waals surface area contributed by atoms with Crippen LogP contribution in [0.1, 0.15) is 29.5 Å². The van der Waals surface area contributed by atoms with Gasteiger partial charge in [0, 0.05) is 17.5 Å². The van der Waals surface area contributed by atoms with E-state index in [0.717, 1.165) is 29.7 Å². The first-order chi connectivity index (χ1) is 14.3. The second-order valence-corrected chi connectivity index (χ2v) is 7.50. The zero-order valence-electron chi connectivity index (χ0n) is 16.4. The van der Waals surface area contributed by atoms with Gasteiger partial charge in [-0.1, -0.05) is 91.6 Å². The number of hydrogen-bond donors (Lipinski definition) is 1. The van der Waals surface area contributed by atoms with Gasteiger partial charge in [-0.2, -0.15) is 0 Å². The predicted octanol–water partition coefficient (Wildman–Crippen LogP) is 7.61. The molecule has 0 saturated carbocycles. The molecule has 5 rings (SSSR count). The van der Waals surface area contributed by atoms with Crippen molar-refractivity contribution in [3.8, 4) is 0 Å². The van der Waals surface area contributed by atoms with Crippen LogP contribution in [0.4, 0.5) is 5.69 Å². The Hall–Kier alpha value is -3.58. The van der Waals surface area contributed by atoms with Gasteiger partial charge in [0.15, 0.2) is 0 Å². The molecule has 0 amide bonds. The minimum atomic E-state index is 1.02. The Morgan fingerprint density at radius 1 is 0.759 bits per heavy atom. The van der Waals surface area contributed by atoms with Gasteiger partial charge in [0.1, 0.15) is 0 Å². The van der Waals surface area contributed by atoms with Crippen LogP contribution < -0.4 is 5.32 Å². The summed E-state index contributed by atoms with van der Waals surface area (Å²) < 4.78 is 0. The summed E-state index contributed by atoms with van der Waals surface area (Å²) in [4.78, 5) is 0. The number of nitrogens with one attached hydrogen (secondary N) is 1. The van der Waals surface area contributed by atoms with E-state index in [1.54, 1.807) is 0 Å². The Morgan fingerprint density at radius 3 is 2.34 bits per heavy atom. The van der Waals surface area contributed by atoms with Crippen LogP contribution in [0.2, 0.25) is 0 Å². The quantitative estimate of drug-likeness (QED) is 0.487. The smallest absolute Gasteiger partial charge is 0.0472 e. The summed E-state index contributed by atoms with van der Waals surface area (Å²) in [6, 6.07) is 21.4. The summed E-state index contributed by atoms with van der Waals surface area (Å²) >= 11 is 0. The first kappa shape index (κ1) is 17.5. The van der Waals surface area contributed by atoms with Crippen molar-refractivity contribution in [3.63, 3.8) is 0 Å². The highest BCUT2D eigenvalue weighted by Gasteiger charge is 2.16. The van der Waals surface area contributed by atoms with E-state index >= 15 is 0 Å². The summed E-state index contributed by atoms with van der Waals surface area (Å²) in [5.74, 6) is 0. The number of benzene rings is 3. The van der Waals surface area contributed by atoms with Crippen molar-refractivity contribution in [2.24, 2.45) is 0 Å². The number of anilines is 1. The van der Waals surface area contributed by atoms with Crippen molar-refractivity contribution in [2.45, 2.75) is 12.8 Å². The van der Waals surface area contributed by atoms with Crippen molar-refractivity contribution in [1.82, 2.24) is 0 Å². The molecule has 3 aromatic carbocycles. The Bertz CT molecular complexity index is 1220. The SMILES string of the molecule is C=C1/C=C\C(c2ccccc2)=C/Nc2cc(C3=CCCC=C3)c3ccccc3c21. The molecular weight excluding hydrogens is 350 g/mol. The molecule has 2 aliphatic rings. The highest BCUT2D eigenvalue weighted by atomic mass is 14.8. The Morgan fingerprint density at radius 2 is 1.55 bits per heavy atom. The van der Waals surface area contributed by atoms with Crippen molar-refractivity contribution >= 4 is 33.2 Å². The van der Waals surface area contributed by atoms with Gasteiger partial charge in [-0.05, 0) is 57.5 Å². The molecule has 0 atom stereocenters. The van der Waals surface area contributed by atoms with E-state index in [4.69, 9.17) is 0 Å². The van der Waals surface area contributed by atoms with Crippen LogP contribution in [0.5, 0.6) is 0 Å². The third-order valence-corrected chi connectivity index (χ3v) is 5.63. The first-order valence-electron chi connectivity index (χ1n) is 10.1. The van der Waals surface area contributed by atoms with Crippen LogP contribution >= 0.6 is 0 Å². The van der Waals surface area contributed by atoms with Crippen molar-refractivity contribution in [2.75, 3.05) is 5.32 Å². The normalized spacial score (nSPS) is 18.7. The maximum Gasteiger partial charge on any atom is 0.0472 e. The van der Waals surface area contributed by atoms with E-state index in [1.807, 2.05) is 6.07 Å². The van der Waals surface area contributed by atoms with Gasteiger partial charge >= 0.3 is 0 Å². The molecule has 0 radical (unpaired) electrons. The molecule has 1 heteroatoms. The number of fused-ring (bicyclic) bond motifs is 3. The number of rotatable bonds is 2. The lowest BCUT2D eigenvalue weighted by atomic mass is 9.88. The van der Waals surface area contributed by atoms with E-state index in [1.165, 1.54) is 33.0 Å². The van der Waals surface area contributed by atoms with Gasteiger partial charge in [0.2, 0.25) is 0 Å². The molecular formula is C28H23N. The number of allylic oxidation sites excluding steroid dienone is 8. The lowest BCUT2D eigenvalue weighted by molar-refractivity contribution is 1.04. The van der Waals surface area contributed by atoms with Gasteiger partial charge in [-0.25, -0.2) is 0 Å². The maximum absolute atomic E-state index is 4.39. The highest BCUT2D eigenvalue weighted by Crippen LogP contribution is 2.39. The van der Waals surface area contributed by atoms with Crippen molar-refractivity contribution in [1.29, 1.82) is 0 Å². The Kier molecular flexibility index (Phi) is 4.50. The molecule has 0 spiro atoms. The molecule has 1 N–H and O–H groups in total. The molecule has 1 aliphatic carbocycles. The van der Waals surface area contributed by atoms with E-state index in [0.29, 0.717) is 0 Å². The summed E-state index contributed by atoms with van der Waals surface area (Å²) in [5, 5.41) is 6.10. The Balaban J connectivity index is 1.71. The van der Waals surface area contributed by atoms with Crippen LogP contribution in [0, 0.1) is 0 Å². The fourth-order valence-electron chi connectivity index (χ4n) is 4.17. The summed E-state index contributed by atoms with van der Waals surface area (Å²) in [6.07, 6.45) is 15.4. The maximum atomic E-state index is 4.39. The lowest BCUT2D eigenvalue weighted by Crippen LogP contribution is -2.01. The lowest BCUT2D eigenvalue weighted by Gasteiger charge is -2.20. The van der Waals surface area contributed by atoms with Crippen molar-refractivity contribution < 1.29 is 0 Å². The van der Waals surface area contributed by atoms with Gasteiger partial charge in [0.05, 0.1) is 0 Å². The third kappa shape index (κ3) is 3.25. The van der Waals surface area contributed by atoms with Crippen LogP contribution in [-0.4, -0.2) is 0 Å². The molecule has 0 aromatic heterocycles. The van der Waals surface area contributed by atoms with Gasteiger partial charge in [0.25, 0.3) is 0 Å². The van der Waals surface area contributed by atoms with Crippen LogP contribution in [0.15, 0.2) is 104 Å². The minimum absolute atomic E-state index is 1.02. The standard InChI is InChI=1S/C28H23N/c1-20-16-17-23(21-10-4-2-5-11-21)19-29-27-18-26(22-12-6-3-7-13-22)24-14-8-9-15-25(24)28(20)27/h2,4-6,8-19,29H,1,3,7H2/b17-16-,23-19+. The Labute approximate surface area is 172 Å². The van der Waals surface area contributed by atoms with E-state index in [9.17, 15) is 0 Å². The monoisotopic (exact) mass is 373 g/mol. The van der Waals surface area contributed by atoms with Crippen LogP contribution in [-0.2, 0) is 0 Å². The second kappa shape index (κ2) is 7.44. The molecule has 1 nitrogen and oxygen atoms in total. The molecule has 1 aliphatic heterocycles. The first-order valence-corrected chi connectivity index (χ1v) is 10.1. The molecule has 0 unspecified atom stereocenters. The largest absolute Gasteiger partial charge is 0.361 e. The molecule has 140 valence electrons. The molecule has 0 bridgehead atoms. The fraction of sp³-hybridized carbons (Fsp3) is 0.0714. The number of hydrogen-bond acceptors (Lipinski definition) is 1. The minimum Gasteiger partial charge on any atom is -0.361 e. The predicted molar refractivity (Wildman–Crippen MR) is 127 cm³/mol. The molecule has 29 heavy (non-hydrogen) atoms. The average Bonchev–Trinajstić information content (AvgIpc) is 2.78. The fourth-order valence-corrected chi connectivity index (χ4v) is 4.17. The zero-order valence-corrected chi connectivity index (χ0v) is 16.4. The molecule has 1 heterocycles. The van der Waals surface area contributed by atoms with Crippen molar-refractivity contribution in [3.05, 3.63) is 121 Å². The molecule has 0 fully saturated rings. The summed E-state index contributed by atoms with van der Waals surface area (Å²) in [7, 11) is 0. The zero-order chi connectivity index (χ0) is 19.6. The van der Waals surface area contributed by atoms with Gasteiger partial charge in [-0.15, -0.1) is 0 Å². The second-order valence-electron chi connectivity index (χ2n) is 7.50. The summed E-state index contributed by atoms with van der Waals surface area (Å²) in [6.45, 7) is 4.39. The van der Waals surface area contributed by atoms with E-state index in [2.05, 4.69) is 103 Å². The molecule has 0 saturated heterocycles. The van der Waals surface area contributed by atoms with Gasteiger partial charge < -0.3 is 5.32 Å². The molecule has 3 aromatic rings. The highest BCUT2D eigenvalue weighted by molar-refractivity contribution is 6.07.